The summed E-state index contributed by atoms with van der Waals surface area (Å²) in [6.07, 6.45) is 2.19. The Balaban J connectivity index is 1.85. The molecule has 2 aromatic rings. The maximum absolute atomic E-state index is 13.2. The van der Waals surface area contributed by atoms with Crippen molar-refractivity contribution < 1.29 is 23.1 Å². The van der Waals surface area contributed by atoms with Crippen LogP contribution in [0.5, 0.6) is 0 Å². The molecule has 0 spiro atoms. The minimum absolute atomic E-state index is 0.0626. The minimum Gasteiger partial charge on any atom is -0.394 e. The van der Waals surface area contributed by atoms with Crippen LogP contribution in [0.3, 0.4) is 0 Å². The number of likely N-dealkylation sites (N-methyl/N-ethyl adjacent to an activating group) is 1. The number of sulfonamides is 1. The smallest absolute Gasteiger partial charge is 0.242 e. The monoisotopic (exact) mass is 493 g/mol. The maximum Gasteiger partial charge on any atom is 0.242 e. The molecular formula is C23H35N5O5S. The molecular weight excluding hydrogens is 458 g/mol. The second-order valence-electron chi connectivity index (χ2n) is 9.08. The first-order valence-corrected chi connectivity index (χ1v) is 13.0. The lowest BCUT2D eigenvalue weighted by molar-refractivity contribution is -0.136. The van der Waals surface area contributed by atoms with Crippen molar-refractivity contribution in [2.24, 2.45) is 5.92 Å². The third-order valence-electron chi connectivity index (χ3n) is 6.21. The van der Waals surface area contributed by atoms with Crippen molar-refractivity contribution in [1.82, 2.24) is 24.2 Å². The molecule has 1 amide bonds. The number of aliphatic hydroxyl groups is 1. The summed E-state index contributed by atoms with van der Waals surface area (Å²) in [5, 5.41) is 17.9. The van der Waals surface area contributed by atoms with Gasteiger partial charge in [-0.05, 0) is 32.4 Å². The number of hydrogen-bond donors (Lipinski definition) is 1. The highest BCUT2D eigenvalue weighted by atomic mass is 32.2. The van der Waals surface area contributed by atoms with Crippen molar-refractivity contribution in [3.8, 4) is 0 Å². The van der Waals surface area contributed by atoms with Gasteiger partial charge < -0.3 is 14.7 Å². The molecule has 34 heavy (non-hydrogen) atoms. The van der Waals surface area contributed by atoms with E-state index >= 15 is 0 Å². The van der Waals surface area contributed by atoms with Gasteiger partial charge in [0.05, 0.1) is 36.5 Å². The van der Waals surface area contributed by atoms with Crippen molar-refractivity contribution in [2.75, 3.05) is 26.7 Å². The Morgan fingerprint density at radius 1 is 1.29 bits per heavy atom. The summed E-state index contributed by atoms with van der Waals surface area (Å²) >= 11 is 0. The van der Waals surface area contributed by atoms with Crippen LogP contribution in [0.4, 0.5) is 0 Å². The van der Waals surface area contributed by atoms with Crippen LogP contribution in [0, 0.1) is 12.8 Å². The minimum atomic E-state index is -3.72. The molecule has 1 aliphatic heterocycles. The fourth-order valence-electron chi connectivity index (χ4n) is 3.93. The third kappa shape index (κ3) is 6.41. The summed E-state index contributed by atoms with van der Waals surface area (Å²) in [6, 6.07) is 6.37. The molecule has 1 N–H and O–H groups in total. The SMILES string of the molecule is Cc1ccc(S(=O)(=O)N(C)C[C@@H]2OCc3cn(nn3)CCCC(=O)N([C@H](C)CO)C[C@H]2C)cc1. The van der Waals surface area contributed by atoms with Crippen LogP contribution >= 0.6 is 0 Å². The Hall–Kier alpha value is -2.34. The fraction of sp³-hybridized carbons (Fsp3) is 0.609. The standard InChI is InChI=1S/C23H35N5O5S/c1-17-7-9-21(10-8-17)34(31,32)26(4)14-22-18(2)12-28(19(3)15-29)23(30)6-5-11-27-13-20(16-33-22)24-25-27/h7-10,13,18-19,22,29H,5-6,11-12,14-16H2,1-4H3/t18-,19-,22+/m1/s1. The molecule has 1 aromatic carbocycles. The second-order valence-corrected chi connectivity index (χ2v) is 11.1. The number of carbonyl (C=O) groups is 1. The maximum atomic E-state index is 13.2. The summed E-state index contributed by atoms with van der Waals surface area (Å²) in [7, 11) is -2.19. The van der Waals surface area contributed by atoms with Gasteiger partial charge in [-0.1, -0.05) is 29.8 Å². The number of aliphatic hydroxyl groups excluding tert-OH is 1. The molecule has 1 aliphatic rings. The van der Waals surface area contributed by atoms with Crippen LogP contribution in [0.1, 0.15) is 37.9 Å². The number of carbonyl (C=O) groups excluding carboxylic acids is 1. The summed E-state index contributed by atoms with van der Waals surface area (Å²) in [6.45, 7) is 6.65. The average Bonchev–Trinajstić information content (AvgIpc) is 3.26. The Bertz CT molecular complexity index is 1060. The number of nitrogens with zero attached hydrogens (tertiary/aromatic N) is 5. The zero-order valence-electron chi connectivity index (χ0n) is 20.3. The molecule has 10 nitrogen and oxygen atoms in total. The number of benzene rings is 1. The largest absolute Gasteiger partial charge is 0.394 e. The molecule has 0 saturated heterocycles. The summed E-state index contributed by atoms with van der Waals surface area (Å²) in [5.74, 6) is -0.267. The van der Waals surface area contributed by atoms with Crippen molar-refractivity contribution in [2.45, 2.75) is 63.8 Å². The molecule has 0 aliphatic carbocycles. The van der Waals surface area contributed by atoms with E-state index in [1.165, 1.54) is 11.4 Å². The van der Waals surface area contributed by atoms with Gasteiger partial charge >= 0.3 is 0 Å². The van der Waals surface area contributed by atoms with E-state index < -0.39 is 16.1 Å². The predicted octanol–water partition coefficient (Wildman–Crippen LogP) is 1.43. The first-order valence-electron chi connectivity index (χ1n) is 11.6. The molecule has 0 unspecified atom stereocenters. The first-order chi connectivity index (χ1) is 16.1. The molecule has 0 radical (unpaired) electrons. The summed E-state index contributed by atoms with van der Waals surface area (Å²) in [4.78, 5) is 14.8. The number of ether oxygens (including phenoxy) is 1. The number of rotatable bonds is 6. The van der Waals surface area contributed by atoms with Gasteiger partial charge in [-0.25, -0.2) is 8.42 Å². The third-order valence-corrected chi connectivity index (χ3v) is 8.05. The van der Waals surface area contributed by atoms with Crippen LogP contribution in [-0.4, -0.2) is 82.5 Å². The van der Waals surface area contributed by atoms with E-state index in [2.05, 4.69) is 10.3 Å². The van der Waals surface area contributed by atoms with Crippen LogP contribution < -0.4 is 0 Å². The van der Waals surface area contributed by atoms with Crippen LogP contribution in [0.2, 0.25) is 0 Å². The van der Waals surface area contributed by atoms with Crippen molar-refractivity contribution >= 4 is 15.9 Å². The molecule has 1 aromatic heterocycles. The van der Waals surface area contributed by atoms with E-state index in [1.54, 1.807) is 47.0 Å². The van der Waals surface area contributed by atoms with Crippen LogP contribution in [0.15, 0.2) is 35.4 Å². The Morgan fingerprint density at radius 2 is 2.00 bits per heavy atom. The van der Waals surface area contributed by atoms with Gasteiger partial charge in [0.25, 0.3) is 0 Å². The highest BCUT2D eigenvalue weighted by Gasteiger charge is 2.31. The highest BCUT2D eigenvalue weighted by molar-refractivity contribution is 7.89. The Kier molecular flexibility index (Phi) is 8.80. The fourth-order valence-corrected chi connectivity index (χ4v) is 5.12. The topological polar surface area (TPSA) is 118 Å². The number of fused-ring (bicyclic) bond motifs is 2. The van der Waals surface area contributed by atoms with Crippen molar-refractivity contribution in [1.29, 1.82) is 0 Å². The second kappa shape index (κ2) is 11.4. The lowest BCUT2D eigenvalue weighted by Crippen LogP contribution is -2.47. The van der Waals surface area contributed by atoms with E-state index in [4.69, 9.17) is 4.74 Å². The highest BCUT2D eigenvalue weighted by Crippen LogP contribution is 2.21. The van der Waals surface area contributed by atoms with Crippen LogP contribution in [-0.2, 0) is 32.7 Å². The Labute approximate surface area is 201 Å². The van der Waals surface area contributed by atoms with Crippen molar-refractivity contribution in [3.05, 3.63) is 41.7 Å². The van der Waals surface area contributed by atoms with E-state index in [0.29, 0.717) is 31.6 Å². The first kappa shape index (κ1) is 26.3. The average molecular weight is 494 g/mol. The van der Waals surface area contributed by atoms with Gasteiger partial charge in [-0.3, -0.25) is 9.48 Å². The van der Waals surface area contributed by atoms with E-state index in [-0.39, 0.29) is 42.5 Å². The molecule has 0 fully saturated rings. The predicted molar refractivity (Wildman–Crippen MR) is 126 cm³/mol. The quantitative estimate of drug-likeness (QED) is 0.647. The lowest BCUT2D eigenvalue weighted by atomic mass is 10.0. The molecule has 3 atom stereocenters. The molecule has 11 heteroatoms. The van der Waals surface area contributed by atoms with E-state index in [9.17, 15) is 18.3 Å². The van der Waals surface area contributed by atoms with Gasteiger partial charge in [0.2, 0.25) is 15.9 Å². The number of amides is 1. The van der Waals surface area contributed by atoms with Gasteiger partial charge in [0.1, 0.15) is 5.69 Å². The number of aryl methyl sites for hydroxylation is 2. The Morgan fingerprint density at radius 3 is 2.68 bits per heavy atom. The zero-order chi connectivity index (χ0) is 24.9. The lowest BCUT2D eigenvalue weighted by Gasteiger charge is -2.35. The summed E-state index contributed by atoms with van der Waals surface area (Å²) < 4.78 is 35.5. The number of aromatic nitrogens is 3. The normalized spacial score (nSPS) is 21.6. The van der Waals surface area contributed by atoms with Gasteiger partial charge in [0, 0.05) is 39.0 Å². The van der Waals surface area contributed by atoms with Gasteiger partial charge in [0.15, 0.2) is 0 Å². The van der Waals surface area contributed by atoms with Crippen LogP contribution in [0.25, 0.3) is 0 Å². The molecule has 0 saturated carbocycles. The number of hydrogen-bond acceptors (Lipinski definition) is 7. The zero-order valence-corrected chi connectivity index (χ0v) is 21.1. The van der Waals surface area contributed by atoms with Gasteiger partial charge in [-0.2, -0.15) is 4.31 Å². The molecule has 2 heterocycles. The van der Waals surface area contributed by atoms with Gasteiger partial charge in [-0.15, -0.1) is 5.10 Å². The van der Waals surface area contributed by atoms with Crippen molar-refractivity contribution in [3.63, 3.8) is 0 Å². The molecule has 188 valence electrons. The molecule has 2 bridgehead atoms. The molecule has 3 rings (SSSR count). The van der Waals surface area contributed by atoms with E-state index in [1.807, 2.05) is 13.8 Å². The summed E-state index contributed by atoms with van der Waals surface area (Å²) in [5.41, 5.74) is 1.62. The van der Waals surface area contributed by atoms with E-state index in [0.717, 1.165) is 5.56 Å².